The number of nitrogens with one attached hydrogen (secondary N) is 1. The Morgan fingerprint density at radius 2 is 1.90 bits per heavy atom. The van der Waals surface area contributed by atoms with E-state index in [4.69, 9.17) is 4.42 Å². The van der Waals surface area contributed by atoms with Gasteiger partial charge in [0.2, 0.25) is 5.89 Å². The second kappa shape index (κ2) is 6.34. The molecule has 1 atom stereocenters. The fourth-order valence-corrected chi connectivity index (χ4v) is 3.77. The van der Waals surface area contributed by atoms with Gasteiger partial charge >= 0.3 is 6.01 Å². The standard InChI is InChI=1S/C16H28N4O/c1-3-10-17-13(2)14-18-19-15(21-14)20-11-8-16(9-12-20)6-4-5-7-16/h13,17H,3-12H2,1-2H3. The van der Waals surface area contributed by atoms with E-state index in [2.05, 4.69) is 34.3 Å². The van der Waals surface area contributed by atoms with Gasteiger partial charge in [-0.25, -0.2) is 0 Å². The minimum absolute atomic E-state index is 0.136. The molecule has 2 aliphatic rings. The second-order valence-corrected chi connectivity index (χ2v) is 6.79. The first-order chi connectivity index (χ1) is 10.2. The molecule has 1 aliphatic carbocycles. The molecule has 2 heterocycles. The van der Waals surface area contributed by atoms with Gasteiger partial charge in [0.25, 0.3) is 0 Å². The predicted molar refractivity (Wildman–Crippen MR) is 83.4 cm³/mol. The van der Waals surface area contributed by atoms with Gasteiger partial charge in [0, 0.05) is 13.1 Å². The van der Waals surface area contributed by atoms with Crippen LogP contribution in [-0.4, -0.2) is 29.8 Å². The molecular formula is C16H28N4O. The van der Waals surface area contributed by atoms with Crippen LogP contribution in [0.4, 0.5) is 6.01 Å². The van der Waals surface area contributed by atoms with E-state index in [9.17, 15) is 0 Å². The molecule has 5 heteroatoms. The minimum Gasteiger partial charge on any atom is -0.406 e. The largest absolute Gasteiger partial charge is 0.406 e. The van der Waals surface area contributed by atoms with Crippen LogP contribution in [0.2, 0.25) is 0 Å². The van der Waals surface area contributed by atoms with Crippen LogP contribution in [0.15, 0.2) is 4.42 Å². The van der Waals surface area contributed by atoms with Crippen LogP contribution < -0.4 is 10.2 Å². The molecular weight excluding hydrogens is 264 g/mol. The van der Waals surface area contributed by atoms with E-state index < -0.39 is 0 Å². The monoisotopic (exact) mass is 292 g/mol. The zero-order chi connectivity index (χ0) is 14.7. The number of aromatic nitrogens is 2. The van der Waals surface area contributed by atoms with Gasteiger partial charge in [-0.2, -0.15) is 0 Å². The number of nitrogens with zero attached hydrogens (tertiary/aromatic N) is 3. The number of anilines is 1. The normalized spacial score (nSPS) is 22.9. The summed E-state index contributed by atoms with van der Waals surface area (Å²) in [5, 5.41) is 11.9. The average molecular weight is 292 g/mol. The SMILES string of the molecule is CCCNC(C)c1nnc(N2CCC3(CCCC3)CC2)o1. The average Bonchev–Trinajstić information content (AvgIpc) is 3.16. The van der Waals surface area contributed by atoms with Gasteiger partial charge in [-0.1, -0.05) is 24.9 Å². The lowest BCUT2D eigenvalue weighted by molar-refractivity contribution is 0.221. The third-order valence-corrected chi connectivity index (χ3v) is 5.26. The van der Waals surface area contributed by atoms with E-state index in [0.29, 0.717) is 17.3 Å². The Kier molecular flexibility index (Phi) is 4.48. The second-order valence-electron chi connectivity index (χ2n) is 6.79. The zero-order valence-electron chi connectivity index (χ0n) is 13.4. The van der Waals surface area contributed by atoms with Crippen LogP contribution in [0.1, 0.15) is 70.7 Å². The van der Waals surface area contributed by atoms with E-state index in [1.54, 1.807) is 0 Å². The lowest BCUT2D eigenvalue weighted by Gasteiger charge is -2.38. The molecule has 0 aromatic carbocycles. The van der Waals surface area contributed by atoms with Crippen molar-refractivity contribution in [1.82, 2.24) is 15.5 Å². The summed E-state index contributed by atoms with van der Waals surface area (Å²) in [6.45, 7) is 7.35. The molecule has 5 nitrogen and oxygen atoms in total. The Morgan fingerprint density at radius 1 is 1.19 bits per heavy atom. The van der Waals surface area contributed by atoms with Crippen molar-refractivity contribution < 1.29 is 4.42 Å². The molecule has 1 aromatic heterocycles. The van der Waals surface area contributed by atoms with Crippen molar-refractivity contribution in [2.75, 3.05) is 24.5 Å². The van der Waals surface area contributed by atoms with Crippen molar-refractivity contribution in [2.24, 2.45) is 5.41 Å². The third kappa shape index (κ3) is 3.23. The highest BCUT2D eigenvalue weighted by Crippen LogP contribution is 2.46. The Balaban J connectivity index is 1.57. The summed E-state index contributed by atoms with van der Waals surface area (Å²) >= 11 is 0. The number of hydrogen-bond acceptors (Lipinski definition) is 5. The summed E-state index contributed by atoms with van der Waals surface area (Å²) in [4.78, 5) is 2.27. The summed E-state index contributed by atoms with van der Waals surface area (Å²) < 4.78 is 5.87. The fraction of sp³-hybridized carbons (Fsp3) is 0.875. The minimum atomic E-state index is 0.136. The predicted octanol–water partition coefficient (Wildman–Crippen LogP) is 3.29. The molecule has 1 N–H and O–H groups in total. The van der Waals surface area contributed by atoms with Crippen LogP contribution >= 0.6 is 0 Å². The van der Waals surface area contributed by atoms with E-state index in [1.165, 1.54) is 38.5 Å². The summed E-state index contributed by atoms with van der Waals surface area (Å²) in [6, 6.07) is 0.847. The van der Waals surface area contributed by atoms with Crippen LogP contribution in [-0.2, 0) is 0 Å². The maximum absolute atomic E-state index is 5.87. The van der Waals surface area contributed by atoms with Crippen molar-refractivity contribution in [3.8, 4) is 0 Å². The van der Waals surface area contributed by atoms with Gasteiger partial charge in [-0.05, 0) is 51.0 Å². The van der Waals surface area contributed by atoms with Gasteiger partial charge in [0.05, 0.1) is 6.04 Å². The first kappa shape index (κ1) is 14.8. The Morgan fingerprint density at radius 3 is 2.57 bits per heavy atom. The summed E-state index contributed by atoms with van der Waals surface area (Å²) in [5.74, 6) is 0.708. The molecule has 0 bridgehead atoms. The van der Waals surface area contributed by atoms with Crippen LogP contribution in [0.3, 0.4) is 0 Å². The van der Waals surface area contributed by atoms with Gasteiger partial charge in [-0.15, -0.1) is 5.10 Å². The topological polar surface area (TPSA) is 54.2 Å². The van der Waals surface area contributed by atoms with Crippen LogP contribution in [0.25, 0.3) is 0 Å². The number of rotatable bonds is 5. The Hall–Kier alpha value is -1.10. The highest BCUT2D eigenvalue weighted by atomic mass is 16.4. The molecule has 3 rings (SSSR count). The van der Waals surface area contributed by atoms with Crippen molar-refractivity contribution in [3.63, 3.8) is 0 Å². The lowest BCUT2D eigenvalue weighted by atomic mass is 9.77. The first-order valence-electron chi connectivity index (χ1n) is 8.54. The summed E-state index contributed by atoms with van der Waals surface area (Å²) in [7, 11) is 0. The molecule has 2 fully saturated rings. The summed E-state index contributed by atoms with van der Waals surface area (Å²) in [6.07, 6.45) is 9.38. The molecule has 1 aliphatic heterocycles. The van der Waals surface area contributed by atoms with Crippen LogP contribution in [0.5, 0.6) is 0 Å². The van der Waals surface area contributed by atoms with Crippen molar-refractivity contribution in [1.29, 1.82) is 0 Å². The van der Waals surface area contributed by atoms with Crippen molar-refractivity contribution in [2.45, 2.75) is 64.8 Å². The molecule has 1 aromatic rings. The third-order valence-electron chi connectivity index (χ3n) is 5.26. The molecule has 0 amide bonds. The summed E-state index contributed by atoms with van der Waals surface area (Å²) in [5.41, 5.74) is 0.634. The van der Waals surface area contributed by atoms with Gasteiger partial charge in [-0.3, -0.25) is 0 Å². The van der Waals surface area contributed by atoms with Gasteiger partial charge in [0.15, 0.2) is 0 Å². The van der Waals surface area contributed by atoms with Gasteiger partial charge < -0.3 is 14.6 Å². The van der Waals surface area contributed by atoms with E-state index in [1.807, 2.05) is 0 Å². The van der Waals surface area contributed by atoms with E-state index >= 15 is 0 Å². The molecule has 1 saturated carbocycles. The van der Waals surface area contributed by atoms with E-state index in [-0.39, 0.29) is 6.04 Å². The van der Waals surface area contributed by atoms with Crippen molar-refractivity contribution in [3.05, 3.63) is 5.89 Å². The van der Waals surface area contributed by atoms with Crippen molar-refractivity contribution >= 4 is 6.01 Å². The molecule has 1 saturated heterocycles. The Labute approximate surface area is 127 Å². The fourth-order valence-electron chi connectivity index (χ4n) is 3.77. The molecule has 118 valence electrons. The molecule has 1 unspecified atom stereocenters. The number of piperidine rings is 1. The van der Waals surface area contributed by atoms with E-state index in [0.717, 1.165) is 26.1 Å². The van der Waals surface area contributed by atoms with Gasteiger partial charge in [0.1, 0.15) is 0 Å². The zero-order valence-corrected chi connectivity index (χ0v) is 13.4. The maximum Gasteiger partial charge on any atom is 0.318 e. The molecule has 21 heavy (non-hydrogen) atoms. The first-order valence-corrected chi connectivity index (χ1v) is 8.54. The highest BCUT2D eigenvalue weighted by Gasteiger charge is 2.37. The van der Waals surface area contributed by atoms with Crippen LogP contribution in [0, 0.1) is 5.41 Å². The quantitative estimate of drug-likeness (QED) is 0.902. The Bertz CT molecular complexity index is 443. The number of hydrogen-bond donors (Lipinski definition) is 1. The molecule has 1 spiro atoms. The highest BCUT2D eigenvalue weighted by molar-refractivity contribution is 5.26. The molecule has 0 radical (unpaired) electrons. The maximum atomic E-state index is 5.87. The lowest BCUT2D eigenvalue weighted by Crippen LogP contribution is -2.39. The smallest absolute Gasteiger partial charge is 0.318 e.